The highest BCUT2D eigenvalue weighted by Gasteiger charge is 2.29. The Balaban J connectivity index is 2.03. The molecular weight excluding hydrogens is 278 g/mol. The van der Waals surface area contributed by atoms with Crippen LogP contribution in [0, 0.1) is 0 Å². The number of nitrogens with zero attached hydrogens (tertiary/aromatic N) is 3. The summed E-state index contributed by atoms with van der Waals surface area (Å²) in [6, 6.07) is 0. The maximum Gasteiger partial charge on any atom is 0.410 e. The topological polar surface area (TPSA) is 55.3 Å². The second kappa shape index (κ2) is 5.95. The van der Waals surface area contributed by atoms with E-state index < -0.39 is 5.60 Å². The van der Waals surface area contributed by atoms with Gasteiger partial charge in [0.15, 0.2) is 0 Å². The van der Waals surface area contributed by atoms with Crippen molar-refractivity contribution >= 4 is 17.7 Å². The fourth-order valence-electron chi connectivity index (χ4n) is 2.26. The average Bonchev–Trinajstić information content (AvgIpc) is 2.37. The van der Waals surface area contributed by atoms with E-state index in [1.165, 1.54) is 6.20 Å². The van der Waals surface area contributed by atoms with Gasteiger partial charge < -0.3 is 9.64 Å². The number of aromatic nitrogens is 2. The van der Waals surface area contributed by atoms with Crippen molar-refractivity contribution in [1.29, 1.82) is 0 Å². The van der Waals surface area contributed by atoms with E-state index in [4.69, 9.17) is 16.3 Å². The molecule has 1 aromatic heterocycles. The Kier molecular flexibility index (Phi) is 4.48. The molecule has 0 aliphatic carbocycles. The summed E-state index contributed by atoms with van der Waals surface area (Å²) in [6.07, 6.45) is 4.87. The number of carbonyl (C=O) groups is 1. The summed E-state index contributed by atoms with van der Waals surface area (Å²) < 4.78 is 5.41. The van der Waals surface area contributed by atoms with Crippen molar-refractivity contribution in [3.63, 3.8) is 0 Å². The molecule has 5 nitrogen and oxygen atoms in total. The van der Waals surface area contributed by atoms with E-state index in [0.29, 0.717) is 11.7 Å². The minimum atomic E-state index is -0.472. The van der Waals surface area contributed by atoms with E-state index in [9.17, 15) is 4.79 Å². The van der Waals surface area contributed by atoms with E-state index in [2.05, 4.69) is 9.97 Å². The molecule has 2 rings (SSSR count). The number of hydrogen-bond acceptors (Lipinski definition) is 4. The van der Waals surface area contributed by atoms with Gasteiger partial charge in [0.25, 0.3) is 0 Å². The summed E-state index contributed by atoms with van der Waals surface area (Å²) in [4.78, 5) is 22.2. The third-order valence-electron chi connectivity index (χ3n) is 3.12. The Bertz CT molecular complexity index is 488. The molecule has 0 radical (unpaired) electrons. The SMILES string of the molecule is CC(C)(C)OC(=O)N1CCCC(c2cncc(Cl)n2)C1. The highest BCUT2D eigenvalue weighted by atomic mass is 35.5. The fraction of sp³-hybridized carbons (Fsp3) is 0.643. The van der Waals surface area contributed by atoms with E-state index >= 15 is 0 Å². The number of hydrogen-bond donors (Lipinski definition) is 0. The van der Waals surface area contributed by atoms with E-state index in [0.717, 1.165) is 25.1 Å². The Morgan fingerprint density at radius 2 is 2.20 bits per heavy atom. The molecule has 0 bridgehead atoms. The normalized spacial score (nSPS) is 19.8. The van der Waals surface area contributed by atoms with E-state index in [1.807, 2.05) is 20.8 Å². The van der Waals surface area contributed by atoms with Crippen LogP contribution in [0.25, 0.3) is 0 Å². The molecule has 1 saturated heterocycles. The number of piperidine rings is 1. The quantitative estimate of drug-likeness (QED) is 0.798. The molecule has 1 amide bonds. The van der Waals surface area contributed by atoms with Crippen LogP contribution in [-0.2, 0) is 4.74 Å². The maximum atomic E-state index is 12.1. The molecule has 1 fully saturated rings. The van der Waals surface area contributed by atoms with Crippen molar-refractivity contribution in [1.82, 2.24) is 14.9 Å². The molecule has 6 heteroatoms. The molecule has 1 aromatic rings. The zero-order chi connectivity index (χ0) is 14.8. The van der Waals surface area contributed by atoms with Crippen molar-refractivity contribution in [2.75, 3.05) is 13.1 Å². The predicted molar refractivity (Wildman–Crippen MR) is 76.8 cm³/mol. The molecular formula is C14H20ClN3O2. The Labute approximate surface area is 124 Å². The lowest BCUT2D eigenvalue weighted by Gasteiger charge is -2.33. The number of rotatable bonds is 1. The molecule has 2 heterocycles. The molecule has 110 valence electrons. The van der Waals surface area contributed by atoms with Gasteiger partial charge in [-0.2, -0.15) is 0 Å². The maximum absolute atomic E-state index is 12.1. The van der Waals surface area contributed by atoms with Gasteiger partial charge in [0, 0.05) is 25.2 Å². The standard InChI is InChI=1S/C14H20ClN3O2/c1-14(2,3)20-13(19)18-6-4-5-10(9-18)11-7-16-8-12(15)17-11/h7-8,10H,4-6,9H2,1-3H3. The summed E-state index contributed by atoms with van der Waals surface area (Å²) in [5, 5.41) is 0.386. The lowest BCUT2D eigenvalue weighted by atomic mass is 9.95. The number of ether oxygens (including phenoxy) is 1. The second-order valence-corrected chi connectivity index (χ2v) is 6.42. The molecule has 1 aliphatic heterocycles. The monoisotopic (exact) mass is 297 g/mol. The third-order valence-corrected chi connectivity index (χ3v) is 3.30. The molecule has 1 aliphatic rings. The van der Waals surface area contributed by atoms with Gasteiger partial charge in [0.05, 0.1) is 11.9 Å². The molecule has 20 heavy (non-hydrogen) atoms. The first kappa shape index (κ1) is 15.0. The van der Waals surface area contributed by atoms with Crippen LogP contribution in [0.4, 0.5) is 4.79 Å². The smallest absolute Gasteiger partial charge is 0.410 e. The average molecular weight is 298 g/mol. The first-order valence-electron chi connectivity index (χ1n) is 6.80. The van der Waals surface area contributed by atoms with Crippen LogP contribution in [0.3, 0.4) is 0 Å². The van der Waals surface area contributed by atoms with Gasteiger partial charge >= 0.3 is 6.09 Å². The lowest BCUT2D eigenvalue weighted by molar-refractivity contribution is 0.0197. The minimum absolute atomic E-state index is 0.169. The van der Waals surface area contributed by atoms with Gasteiger partial charge in [-0.15, -0.1) is 0 Å². The van der Waals surface area contributed by atoms with Crippen LogP contribution in [0.2, 0.25) is 5.15 Å². The van der Waals surface area contributed by atoms with Gasteiger partial charge in [-0.05, 0) is 33.6 Å². The highest BCUT2D eigenvalue weighted by Crippen LogP contribution is 2.26. The number of likely N-dealkylation sites (tertiary alicyclic amines) is 1. The first-order valence-corrected chi connectivity index (χ1v) is 7.18. The van der Waals surface area contributed by atoms with Crippen LogP contribution in [-0.4, -0.2) is 39.7 Å². The van der Waals surface area contributed by atoms with Crippen molar-refractivity contribution < 1.29 is 9.53 Å². The predicted octanol–water partition coefficient (Wildman–Crippen LogP) is 3.24. The van der Waals surface area contributed by atoms with Gasteiger partial charge in [-0.25, -0.2) is 9.78 Å². The third kappa shape index (κ3) is 4.07. The Morgan fingerprint density at radius 1 is 1.45 bits per heavy atom. The van der Waals surface area contributed by atoms with E-state index in [1.54, 1.807) is 11.1 Å². The molecule has 0 spiro atoms. The minimum Gasteiger partial charge on any atom is -0.444 e. The van der Waals surface area contributed by atoms with Crippen LogP contribution in [0.15, 0.2) is 12.4 Å². The highest BCUT2D eigenvalue weighted by molar-refractivity contribution is 6.29. The van der Waals surface area contributed by atoms with Crippen molar-refractivity contribution in [2.24, 2.45) is 0 Å². The van der Waals surface area contributed by atoms with Gasteiger partial charge in [-0.3, -0.25) is 4.98 Å². The Morgan fingerprint density at radius 3 is 2.85 bits per heavy atom. The summed E-state index contributed by atoms with van der Waals surface area (Å²) in [6.45, 7) is 6.93. The number of amides is 1. The van der Waals surface area contributed by atoms with Crippen molar-refractivity contribution in [2.45, 2.75) is 45.1 Å². The molecule has 0 aromatic carbocycles. The van der Waals surface area contributed by atoms with Crippen LogP contribution < -0.4 is 0 Å². The van der Waals surface area contributed by atoms with Crippen molar-refractivity contribution in [3.05, 3.63) is 23.2 Å². The van der Waals surface area contributed by atoms with Crippen LogP contribution in [0.5, 0.6) is 0 Å². The summed E-state index contributed by atoms with van der Waals surface area (Å²) >= 11 is 5.87. The summed E-state index contributed by atoms with van der Waals surface area (Å²) in [5.74, 6) is 0.169. The van der Waals surface area contributed by atoms with Crippen LogP contribution in [0.1, 0.15) is 45.2 Å². The summed E-state index contributed by atoms with van der Waals surface area (Å²) in [7, 11) is 0. The van der Waals surface area contributed by atoms with Gasteiger partial charge in [0.1, 0.15) is 10.8 Å². The summed E-state index contributed by atoms with van der Waals surface area (Å²) in [5.41, 5.74) is 0.366. The number of carbonyl (C=O) groups excluding carboxylic acids is 1. The van der Waals surface area contributed by atoms with E-state index in [-0.39, 0.29) is 12.0 Å². The number of halogens is 1. The zero-order valence-electron chi connectivity index (χ0n) is 12.1. The molecule has 0 saturated carbocycles. The van der Waals surface area contributed by atoms with Gasteiger partial charge in [-0.1, -0.05) is 11.6 Å². The zero-order valence-corrected chi connectivity index (χ0v) is 12.9. The van der Waals surface area contributed by atoms with Crippen LogP contribution >= 0.6 is 11.6 Å². The molecule has 1 unspecified atom stereocenters. The fourth-order valence-corrected chi connectivity index (χ4v) is 2.42. The lowest BCUT2D eigenvalue weighted by Crippen LogP contribution is -2.42. The second-order valence-electron chi connectivity index (χ2n) is 6.03. The first-order chi connectivity index (χ1) is 9.35. The Hall–Kier alpha value is -1.36. The van der Waals surface area contributed by atoms with Crippen molar-refractivity contribution in [3.8, 4) is 0 Å². The van der Waals surface area contributed by atoms with Gasteiger partial charge in [0.2, 0.25) is 0 Å². The molecule has 0 N–H and O–H groups in total. The largest absolute Gasteiger partial charge is 0.444 e. The molecule has 1 atom stereocenters.